The Hall–Kier alpha value is -0.930. The van der Waals surface area contributed by atoms with E-state index in [0.717, 1.165) is 12.8 Å². The van der Waals surface area contributed by atoms with E-state index in [1.807, 2.05) is 6.92 Å². The van der Waals surface area contributed by atoms with Crippen molar-refractivity contribution in [1.29, 1.82) is 0 Å². The van der Waals surface area contributed by atoms with Gasteiger partial charge in [-0.25, -0.2) is 4.39 Å². The van der Waals surface area contributed by atoms with Gasteiger partial charge < -0.3 is 9.84 Å². The average Bonchev–Trinajstić information content (AvgIpc) is 3.13. The third kappa shape index (κ3) is 2.85. The second kappa shape index (κ2) is 5.15. The predicted octanol–water partition coefficient (Wildman–Crippen LogP) is 2.98. The molecule has 1 aromatic carbocycles. The fourth-order valence-corrected chi connectivity index (χ4v) is 2.08. The fourth-order valence-electron chi connectivity index (χ4n) is 2.08. The molecule has 0 bridgehead atoms. The number of aliphatic hydroxyl groups is 1. The number of halogens is 1. The lowest BCUT2D eigenvalue weighted by Gasteiger charge is -2.23. The molecule has 1 N–H and O–H groups in total. The van der Waals surface area contributed by atoms with Gasteiger partial charge in [0.15, 0.2) is 0 Å². The minimum Gasteiger partial charge on any atom is -0.386 e. The molecule has 1 aliphatic rings. The summed E-state index contributed by atoms with van der Waals surface area (Å²) in [5.74, 6) is 0.155. The summed E-state index contributed by atoms with van der Waals surface area (Å²) in [4.78, 5) is 0. The van der Waals surface area contributed by atoms with Crippen LogP contribution in [0, 0.1) is 18.7 Å². The molecule has 0 aliphatic heterocycles. The maximum Gasteiger partial charge on any atom is 0.126 e. The first-order valence-corrected chi connectivity index (χ1v) is 6.19. The standard InChI is InChI=1S/C14H19FO2/c1-3-17-14(10-6-7-10)13(16)11-5-4-9(2)12(15)8-11/h4-5,8,10,13-14,16H,3,6-7H2,1-2H3. The molecule has 1 saturated carbocycles. The molecule has 0 heterocycles. The largest absolute Gasteiger partial charge is 0.386 e. The first kappa shape index (κ1) is 12.5. The Morgan fingerprint density at radius 3 is 2.71 bits per heavy atom. The van der Waals surface area contributed by atoms with E-state index < -0.39 is 6.10 Å². The van der Waals surface area contributed by atoms with Gasteiger partial charge >= 0.3 is 0 Å². The van der Waals surface area contributed by atoms with Crippen LogP contribution < -0.4 is 0 Å². The van der Waals surface area contributed by atoms with Gasteiger partial charge in [-0.2, -0.15) is 0 Å². The van der Waals surface area contributed by atoms with Crippen molar-refractivity contribution in [3.63, 3.8) is 0 Å². The van der Waals surface area contributed by atoms with Gasteiger partial charge in [0.05, 0.1) is 6.10 Å². The van der Waals surface area contributed by atoms with Crippen LogP contribution in [0.5, 0.6) is 0 Å². The predicted molar refractivity (Wildman–Crippen MR) is 64.2 cm³/mol. The monoisotopic (exact) mass is 238 g/mol. The highest BCUT2D eigenvalue weighted by Crippen LogP contribution is 2.40. The van der Waals surface area contributed by atoms with E-state index >= 15 is 0 Å². The van der Waals surface area contributed by atoms with Crippen LogP contribution in [0.2, 0.25) is 0 Å². The van der Waals surface area contributed by atoms with Crippen molar-refractivity contribution in [2.24, 2.45) is 5.92 Å². The van der Waals surface area contributed by atoms with Crippen molar-refractivity contribution in [1.82, 2.24) is 0 Å². The van der Waals surface area contributed by atoms with Gasteiger partial charge in [-0.05, 0) is 49.8 Å². The number of hydrogen-bond donors (Lipinski definition) is 1. The normalized spacial score (nSPS) is 19.1. The molecule has 1 aliphatic carbocycles. The lowest BCUT2D eigenvalue weighted by Crippen LogP contribution is -2.24. The van der Waals surface area contributed by atoms with Crippen LogP contribution in [0.15, 0.2) is 18.2 Å². The zero-order valence-corrected chi connectivity index (χ0v) is 10.3. The Balaban J connectivity index is 2.15. The van der Waals surface area contributed by atoms with E-state index in [1.54, 1.807) is 19.1 Å². The van der Waals surface area contributed by atoms with E-state index in [-0.39, 0.29) is 11.9 Å². The third-order valence-electron chi connectivity index (χ3n) is 3.29. The first-order chi connectivity index (χ1) is 8.13. The zero-order chi connectivity index (χ0) is 12.4. The smallest absolute Gasteiger partial charge is 0.126 e. The van der Waals surface area contributed by atoms with Crippen LogP contribution in [0.4, 0.5) is 4.39 Å². The lowest BCUT2D eigenvalue weighted by molar-refractivity contribution is -0.0462. The van der Waals surface area contributed by atoms with Crippen LogP contribution in [0.25, 0.3) is 0 Å². The Morgan fingerprint density at radius 2 is 2.18 bits per heavy atom. The van der Waals surface area contributed by atoms with Crippen LogP contribution in [0.1, 0.15) is 37.0 Å². The maximum absolute atomic E-state index is 13.5. The number of hydrogen-bond acceptors (Lipinski definition) is 2. The Kier molecular flexibility index (Phi) is 3.79. The van der Waals surface area contributed by atoms with Crippen molar-refractivity contribution in [3.05, 3.63) is 35.1 Å². The van der Waals surface area contributed by atoms with Crippen molar-refractivity contribution in [2.45, 2.75) is 38.9 Å². The van der Waals surface area contributed by atoms with E-state index in [1.165, 1.54) is 6.07 Å². The molecule has 0 amide bonds. The molecular weight excluding hydrogens is 219 g/mol. The second-order valence-corrected chi connectivity index (χ2v) is 4.71. The van der Waals surface area contributed by atoms with E-state index in [9.17, 15) is 9.50 Å². The SMILES string of the molecule is CCOC(C1CC1)C(O)c1ccc(C)c(F)c1. The minimum atomic E-state index is -0.724. The molecule has 2 rings (SSSR count). The van der Waals surface area contributed by atoms with E-state index in [4.69, 9.17) is 4.74 Å². The summed E-state index contributed by atoms with van der Waals surface area (Å²) >= 11 is 0. The number of aliphatic hydroxyl groups excluding tert-OH is 1. The molecule has 0 aromatic heterocycles. The van der Waals surface area contributed by atoms with Crippen LogP contribution >= 0.6 is 0 Å². The van der Waals surface area contributed by atoms with Gasteiger partial charge in [0.1, 0.15) is 11.9 Å². The average molecular weight is 238 g/mol. The van der Waals surface area contributed by atoms with Gasteiger partial charge in [-0.15, -0.1) is 0 Å². The second-order valence-electron chi connectivity index (χ2n) is 4.71. The molecule has 0 spiro atoms. The lowest BCUT2D eigenvalue weighted by atomic mass is 9.99. The molecule has 3 heteroatoms. The topological polar surface area (TPSA) is 29.5 Å². The molecule has 1 aromatic rings. The van der Waals surface area contributed by atoms with Crippen LogP contribution in [-0.4, -0.2) is 17.8 Å². The van der Waals surface area contributed by atoms with Crippen molar-refractivity contribution in [3.8, 4) is 0 Å². The molecule has 1 fully saturated rings. The third-order valence-corrected chi connectivity index (χ3v) is 3.29. The van der Waals surface area contributed by atoms with Gasteiger partial charge in [-0.3, -0.25) is 0 Å². The van der Waals surface area contributed by atoms with Crippen molar-refractivity contribution in [2.75, 3.05) is 6.61 Å². The highest BCUT2D eigenvalue weighted by molar-refractivity contribution is 5.26. The quantitative estimate of drug-likeness (QED) is 0.854. The highest BCUT2D eigenvalue weighted by Gasteiger charge is 2.37. The number of benzene rings is 1. The molecule has 94 valence electrons. The summed E-state index contributed by atoms with van der Waals surface area (Å²) < 4.78 is 19.0. The summed E-state index contributed by atoms with van der Waals surface area (Å²) in [5, 5.41) is 10.2. The number of aryl methyl sites for hydroxylation is 1. The summed E-state index contributed by atoms with van der Waals surface area (Å²) in [5.41, 5.74) is 1.21. The van der Waals surface area contributed by atoms with Crippen molar-refractivity contribution >= 4 is 0 Å². The van der Waals surface area contributed by atoms with Crippen molar-refractivity contribution < 1.29 is 14.2 Å². The molecule has 0 radical (unpaired) electrons. The highest BCUT2D eigenvalue weighted by atomic mass is 19.1. The van der Waals surface area contributed by atoms with Gasteiger partial charge in [0.2, 0.25) is 0 Å². The molecule has 0 saturated heterocycles. The summed E-state index contributed by atoms with van der Waals surface area (Å²) in [6, 6.07) is 4.88. The summed E-state index contributed by atoms with van der Waals surface area (Å²) in [7, 11) is 0. The summed E-state index contributed by atoms with van der Waals surface area (Å²) in [6.07, 6.45) is 1.27. The molecular formula is C14H19FO2. The maximum atomic E-state index is 13.5. The Bertz CT molecular complexity index is 388. The molecule has 2 unspecified atom stereocenters. The minimum absolute atomic E-state index is 0.192. The molecule has 2 atom stereocenters. The van der Waals surface area contributed by atoms with E-state index in [0.29, 0.717) is 23.7 Å². The van der Waals surface area contributed by atoms with Gasteiger partial charge in [-0.1, -0.05) is 12.1 Å². The first-order valence-electron chi connectivity index (χ1n) is 6.19. The number of rotatable bonds is 5. The number of ether oxygens (including phenoxy) is 1. The van der Waals surface area contributed by atoms with Crippen LogP contribution in [-0.2, 0) is 4.74 Å². The Morgan fingerprint density at radius 1 is 1.47 bits per heavy atom. The van der Waals surface area contributed by atoms with E-state index in [2.05, 4.69) is 0 Å². The Labute approximate surface area is 101 Å². The van der Waals surface area contributed by atoms with Gasteiger partial charge in [0, 0.05) is 6.61 Å². The zero-order valence-electron chi connectivity index (χ0n) is 10.3. The van der Waals surface area contributed by atoms with Crippen LogP contribution in [0.3, 0.4) is 0 Å². The molecule has 2 nitrogen and oxygen atoms in total. The van der Waals surface area contributed by atoms with Gasteiger partial charge in [0.25, 0.3) is 0 Å². The fraction of sp³-hybridized carbons (Fsp3) is 0.571. The molecule has 17 heavy (non-hydrogen) atoms. The summed E-state index contributed by atoms with van der Waals surface area (Å²) in [6.45, 7) is 4.21.